The zero-order chi connectivity index (χ0) is 13.1. The van der Waals surface area contributed by atoms with E-state index in [1.54, 1.807) is 17.4 Å². The molecule has 0 atom stereocenters. The summed E-state index contributed by atoms with van der Waals surface area (Å²) in [6, 6.07) is 1.76. The van der Waals surface area contributed by atoms with Crippen LogP contribution in [0.25, 0.3) is 0 Å². The molecule has 0 saturated carbocycles. The summed E-state index contributed by atoms with van der Waals surface area (Å²) in [4.78, 5) is 13.1. The molecule has 0 aliphatic rings. The van der Waals surface area contributed by atoms with Crippen LogP contribution in [0.2, 0.25) is 0 Å². The van der Waals surface area contributed by atoms with Crippen LogP contribution in [-0.4, -0.2) is 19.9 Å². The minimum absolute atomic E-state index is 0.272. The summed E-state index contributed by atoms with van der Waals surface area (Å²) < 4.78 is 0. The topological polar surface area (TPSA) is 76.7 Å². The van der Waals surface area contributed by atoms with E-state index in [-0.39, 0.29) is 4.99 Å². The lowest BCUT2D eigenvalue weighted by molar-refractivity contribution is 1.00. The number of thiocarbonyl (C=S) groups is 1. The largest absolute Gasteiger partial charge is 0.388 e. The standard InChI is InChI=1S/C11H13N5S2/c1-6-3-8(10(12)17)16-11(15-6)13-4-9-14-7(2)5-18-9/h3,5H,4H2,1-2H3,(H2,12,17)(H,13,15,16). The Morgan fingerprint density at radius 3 is 2.72 bits per heavy atom. The van der Waals surface area contributed by atoms with Gasteiger partial charge in [-0.2, -0.15) is 0 Å². The summed E-state index contributed by atoms with van der Waals surface area (Å²) >= 11 is 6.52. The van der Waals surface area contributed by atoms with Crippen molar-refractivity contribution in [2.24, 2.45) is 5.73 Å². The summed E-state index contributed by atoms with van der Waals surface area (Å²) in [5, 5.41) is 6.12. The Labute approximate surface area is 114 Å². The van der Waals surface area contributed by atoms with Gasteiger partial charge >= 0.3 is 0 Å². The Balaban J connectivity index is 2.11. The predicted octanol–water partition coefficient (Wildman–Crippen LogP) is 1.80. The van der Waals surface area contributed by atoms with Gasteiger partial charge in [0.05, 0.1) is 6.54 Å². The predicted molar refractivity (Wildman–Crippen MR) is 76.8 cm³/mol. The second kappa shape index (κ2) is 5.36. The van der Waals surface area contributed by atoms with Crippen LogP contribution in [-0.2, 0) is 6.54 Å². The van der Waals surface area contributed by atoms with Crippen LogP contribution < -0.4 is 11.1 Å². The highest BCUT2D eigenvalue weighted by atomic mass is 32.1. The molecule has 2 aromatic rings. The molecule has 0 aromatic carbocycles. The van der Waals surface area contributed by atoms with E-state index in [2.05, 4.69) is 20.3 Å². The molecule has 7 heteroatoms. The number of nitrogens with zero attached hydrogens (tertiary/aromatic N) is 3. The lowest BCUT2D eigenvalue weighted by Gasteiger charge is -2.06. The van der Waals surface area contributed by atoms with E-state index >= 15 is 0 Å². The molecule has 0 amide bonds. The van der Waals surface area contributed by atoms with Gasteiger partial charge in [-0.15, -0.1) is 11.3 Å². The van der Waals surface area contributed by atoms with E-state index in [0.29, 0.717) is 18.2 Å². The van der Waals surface area contributed by atoms with Gasteiger partial charge in [0.2, 0.25) is 5.95 Å². The van der Waals surface area contributed by atoms with Crippen LogP contribution in [0.4, 0.5) is 5.95 Å². The van der Waals surface area contributed by atoms with Gasteiger partial charge < -0.3 is 11.1 Å². The lowest BCUT2D eigenvalue weighted by Crippen LogP contribution is -2.14. The van der Waals surface area contributed by atoms with Crippen molar-refractivity contribution in [3.8, 4) is 0 Å². The van der Waals surface area contributed by atoms with Crippen LogP contribution in [0, 0.1) is 13.8 Å². The molecule has 0 spiro atoms. The van der Waals surface area contributed by atoms with Crippen LogP contribution >= 0.6 is 23.6 Å². The highest BCUT2D eigenvalue weighted by molar-refractivity contribution is 7.80. The van der Waals surface area contributed by atoms with Crippen LogP contribution in [0.15, 0.2) is 11.4 Å². The smallest absolute Gasteiger partial charge is 0.223 e. The Hall–Kier alpha value is -1.60. The number of hydrogen-bond acceptors (Lipinski definition) is 6. The van der Waals surface area contributed by atoms with E-state index in [1.165, 1.54) is 0 Å². The molecule has 0 fully saturated rings. The molecular weight excluding hydrogens is 266 g/mol. The number of rotatable bonds is 4. The SMILES string of the molecule is Cc1cc(C(N)=S)nc(NCc2nc(C)cs2)n1. The van der Waals surface area contributed by atoms with Crippen LogP contribution in [0.3, 0.4) is 0 Å². The summed E-state index contributed by atoms with van der Waals surface area (Å²) in [6.45, 7) is 4.44. The zero-order valence-electron chi connectivity index (χ0n) is 10.1. The molecule has 3 N–H and O–H groups in total. The van der Waals surface area contributed by atoms with Gasteiger partial charge in [-0.25, -0.2) is 15.0 Å². The molecule has 2 heterocycles. The highest BCUT2D eigenvalue weighted by Gasteiger charge is 2.05. The molecule has 0 unspecified atom stereocenters. The fourth-order valence-corrected chi connectivity index (χ4v) is 2.23. The first-order chi connectivity index (χ1) is 8.54. The van der Waals surface area contributed by atoms with Gasteiger partial charge in [-0.05, 0) is 19.9 Å². The minimum Gasteiger partial charge on any atom is -0.388 e. The van der Waals surface area contributed by atoms with E-state index in [4.69, 9.17) is 18.0 Å². The van der Waals surface area contributed by atoms with Crippen molar-refractivity contribution in [3.05, 3.63) is 33.5 Å². The van der Waals surface area contributed by atoms with Crippen molar-refractivity contribution in [1.29, 1.82) is 0 Å². The quantitative estimate of drug-likeness (QED) is 0.831. The van der Waals surface area contributed by atoms with Crippen LogP contribution in [0.1, 0.15) is 22.1 Å². The maximum atomic E-state index is 5.57. The van der Waals surface area contributed by atoms with Crippen molar-refractivity contribution in [1.82, 2.24) is 15.0 Å². The van der Waals surface area contributed by atoms with Crippen molar-refractivity contribution >= 4 is 34.5 Å². The van der Waals surface area contributed by atoms with Crippen molar-refractivity contribution in [3.63, 3.8) is 0 Å². The zero-order valence-corrected chi connectivity index (χ0v) is 11.7. The van der Waals surface area contributed by atoms with Crippen molar-refractivity contribution in [2.75, 3.05) is 5.32 Å². The summed E-state index contributed by atoms with van der Waals surface area (Å²) in [7, 11) is 0. The average Bonchev–Trinajstić information content (AvgIpc) is 2.72. The Morgan fingerprint density at radius 1 is 1.33 bits per heavy atom. The second-order valence-corrected chi connectivity index (χ2v) is 5.20. The van der Waals surface area contributed by atoms with Gasteiger partial charge in [0.15, 0.2) is 0 Å². The summed E-state index contributed by atoms with van der Waals surface area (Å²) in [5.41, 5.74) is 7.99. The molecule has 0 radical (unpaired) electrons. The second-order valence-electron chi connectivity index (χ2n) is 3.82. The third-order valence-electron chi connectivity index (χ3n) is 2.17. The number of aryl methyl sites for hydroxylation is 2. The molecule has 18 heavy (non-hydrogen) atoms. The van der Waals surface area contributed by atoms with Crippen molar-refractivity contribution in [2.45, 2.75) is 20.4 Å². The fraction of sp³-hybridized carbons (Fsp3) is 0.273. The molecule has 2 rings (SSSR count). The number of nitrogens with one attached hydrogen (secondary N) is 1. The molecule has 0 aliphatic heterocycles. The average molecular weight is 279 g/mol. The molecule has 0 bridgehead atoms. The highest BCUT2D eigenvalue weighted by Crippen LogP contribution is 2.11. The van der Waals surface area contributed by atoms with E-state index in [1.807, 2.05) is 19.2 Å². The van der Waals surface area contributed by atoms with Gasteiger partial charge in [0.25, 0.3) is 0 Å². The normalized spacial score (nSPS) is 10.3. The van der Waals surface area contributed by atoms with Gasteiger partial charge in [-0.1, -0.05) is 12.2 Å². The van der Waals surface area contributed by atoms with Gasteiger partial charge in [0.1, 0.15) is 15.7 Å². The Bertz CT molecular complexity index is 579. The maximum absolute atomic E-state index is 5.57. The molecule has 0 saturated heterocycles. The number of anilines is 1. The molecular formula is C11H13N5S2. The summed E-state index contributed by atoms with van der Waals surface area (Å²) in [5.74, 6) is 0.519. The first-order valence-corrected chi connectivity index (χ1v) is 6.64. The van der Waals surface area contributed by atoms with Crippen molar-refractivity contribution < 1.29 is 0 Å². The Kier molecular flexibility index (Phi) is 3.83. The number of thiazole rings is 1. The van der Waals surface area contributed by atoms with Gasteiger partial charge in [0, 0.05) is 16.8 Å². The van der Waals surface area contributed by atoms with Gasteiger partial charge in [-0.3, -0.25) is 0 Å². The monoisotopic (exact) mass is 279 g/mol. The minimum atomic E-state index is 0.272. The summed E-state index contributed by atoms with van der Waals surface area (Å²) in [6.07, 6.45) is 0. The molecule has 0 aliphatic carbocycles. The third kappa shape index (κ3) is 3.21. The van der Waals surface area contributed by atoms with E-state index in [0.717, 1.165) is 16.4 Å². The lowest BCUT2D eigenvalue weighted by atomic mass is 10.3. The third-order valence-corrected chi connectivity index (χ3v) is 3.35. The first-order valence-electron chi connectivity index (χ1n) is 5.35. The maximum Gasteiger partial charge on any atom is 0.223 e. The van der Waals surface area contributed by atoms with Crippen LogP contribution in [0.5, 0.6) is 0 Å². The Morgan fingerprint density at radius 2 is 2.11 bits per heavy atom. The molecule has 94 valence electrons. The molecule has 5 nitrogen and oxygen atoms in total. The van der Waals surface area contributed by atoms with E-state index in [9.17, 15) is 0 Å². The number of aromatic nitrogens is 3. The molecule has 2 aromatic heterocycles. The number of hydrogen-bond donors (Lipinski definition) is 2. The number of nitrogens with two attached hydrogens (primary N) is 1. The first kappa shape index (κ1) is 12.8. The van der Waals surface area contributed by atoms with E-state index < -0.39 is 0 Å². The fourth-order valence-electron chi connectivity index (χ4n) is 1.41.